The monoisotopic (exact) mass is 367 g/mol. The van der Waals surface area contributed by atoms with Crippen LogP contribution in [0.4, 0.5) is 0 Å². The van der Waals surface area contributed by atoms with Gasteiger partial charge in [-0.2, -0.15) is 0 Å². The molecule has 0 aliphatic carbocycles. The highest BCUT2D eigenvalue weighted by Gasteiger charge is 2.20. The second-order valence-electron chi connectivity index (χ2n) is 6.74. The molecular weight excluding hydrogens is 342 g/mol. The van der Waals surface area contributed by atoms with Crippen LogP contribution in [0.15, 0.2) is 48.5 Å². The quantitative estimate of drug-likeness (QED) is 0.785. The van der Waals surface area contributed by atoms with Gasteiger partial charge in [-0.25, -0.2) is 0 Å². The van der Waals surface area contributed by atoms with E-state index in [0.717, 1.165) is 28.4 Å². The Balaban J connectivity index is 1.70. The van der Waals surface area contributed by atoms with Crippen molar-refractivity contribution in [1.29, 1.82) is 0 Å². The Kier molecular flexibility index (Phi) is 6.01. The Labute approximate surface area is 159 Å². The minimum absolute atomic E-state index is 0.117. The summed E-state index contributed by atoms with van der Waals surface area (Å²) in [6.07, 6.45) is 3.34. The molecule has 2 aromatic rings. The minimum atomic E-state index is -0.139. The predicted molar refractivity (Wildman–Crippen MR) is 105 cm³/mol. The summed E-state index contributed by atoms with van der Waals surface area (Å²) in [6.45, 7) is 5.26. The number of hydrogen-bond acceptors (Lipinski definition) is 4. The van der Waals surface area contributed by atoms with Gasteiger partial charge in [-0.05, 0) is 47.4 Å². The van der Waals surface area contributed by atoms with Crippen LogP contribution in [0.2, 0.25) is 0 Å². The van der Waals surface area contributed by atoms with Gasteiger partial charge in [0.1, 0.15) is 19.0 Å². The van der Waals surface area contributed by atoms with E-state index in [1.165, 1.54) is 0 Å². The predicted octanol–water partition coefficient (Wildman–Crippen LogP) is 3.99. The van der Waals surface area contributed by atoms with Crippen molar-refractivity contribution in [3.8, 4) is 17.2 Å². The number of ether oxygens (including phenoxy) is 3. The average Bonchev–Trinajstić information content (AvgIpc) is 2.70. The zero-order valence-corrected chi connectivity index (χ0v) is 15.9. The molecule has 1 N–H and O–H groups in total. The Bertz CT molecular complexity index is 812. The van der Waals surface area contributed by atoms with Crippen molar-refractivity contribution >= 4 is 12.0 Å². The van der Waals surface area contributed by atoms with Gasteiger partial charge in [-0.1, -0.05) is 32.0 Å². The first-order valence-electron chi connectivity index (χ1n) is 9.09. The summed E-state index contributed by atoms with van der Waals surface area (Å²) >= 11 is 0. The second kappa shape index (κ2) is 8.62. The molecule has 0 aromatic heterocycles. The molecule has 27 heavy (non-hydrogen) atoms. The van der Waals surface area contributed by atoms with Gasteiger partial charge in [0.15, 0.2) is 11.5 Å². The number of rotatable bonds is 6. The Morgan fingerprint density at radius 1 is 1.07 bits per heavy atom. The van der Waals surface area contributed by atoms with Gasteiger partial charge >= 0.3 is 0 Å². The fourth-order valence-electron chi connectivity index (χ4n) is 2.98. The Morgan fingerprint density at radius 3 is 2.44 bits per heavy atom. The highest BCUT2D eigenvalue weighted by Crippen LogP contribution is 2.34. The smallest absolute Gasteiger partial charge is 0.244 e. The van der Waals surface area contributed by atoms with Gasteiger partial charge in [0, 0.05) is 6.08 Å². The lowest BCUT2D eigenvalue weighted by molar-refractivity contribution is -0.117. The van der Waals surface area contributed by atoms with Crippen molar-refractivity contribution in [2.24, 2.45) is 5.92 Å². The van der Waals surface area contributed by atoms with Gasteiger partial charge < -0.3 is 19.5 Å². The van der Waals surface area contributed by atoms with Gasteiger partial charge in [0.05, 0.1) is 13.2 Å². The van der Waals surface area contributed by atoms with E-state index >= 15 is 0 Å². The molecule has 1 heterocycles. The van der Waals surface area contributed by atoms with Crippen LogP contribution < -0.4 is 19.5 Å². The van der Waals surface area contributed by atoms with E-state index in [9.17, 15) is 4.79 Å². The van der Waals surface area contributed by atoms with E-state index in [1.807, 2.05) is 42.5 Å². The van der Waals surface area contributed by atoms with Crippen molar-refractivity contribution < 1.29 is 19.0 Å². The maximum absolute atomic E-state index is 12.4. The molecule has 0 radical (unpaired) electrons. The van der Waals surface area contributed by atoms with E-state index < -0.39 is 0 Å². The first-order chi connectivity index (χ1) is 13.1. The summed E-state index contributed by atoms with van der Waals surface area (Å²) in [5.41, 5.74) is 1.94. The van der Waals surface area contributed by atoms with E-state index in [-0.39, 0.29) is 17.9 Å². The molecule has 1 amide bonds. The van der Waals surface area contributed by atoms with Crippen LogP contribution in [0.1, 0.15) is 31.0 Å². The minimum Gasteiger partial charge on any atom is -0.497 e. The second-order valence-corrected chi connectivity index (χ2v) is 6.74. The molecule has 3 rings (SSSR count). The summed E-state index contributed by atoms with van der Waals surface area (Å²) < 4.78 is 16.4. The Morgan fingerprint density at radius 2 is 1.78 bits per heavy atom. The zero-order valence-electron chi connectivity index (χ0n) is 15.9. The highest BCUT2D eigenvalue weighted by atomic mass is 16.6. The fraction of sp³-hybridized carbons (Fsp3) is 0.318. The third-order valence-electron chi connectivity index (χ3n) is 4.43. The van der Waals surface area contributed by atoms with Gasteiger partial charge in [-0.3, -0.25) is 4.79 Å². The molecule has 0 fully saturated rings. The number of benzene rings is 2. The van der Waals surface area contributed by atoms with Crippen LogP contribution >= 0.6 is 0 Å². The van der Waals surface area contributed by atoms with E-state index in [4.69, 9.17) is 14.2 Å². The van der Waals surface area contributed by atoms with Crippen LogP contribution in [0.25, 0.3) is 6.08 Å². The summed E-state index contributed by atoms with van der Waals surface area (Å²) in [4.78, 5) is 12.4. The van der Waals surface area contributed by atoms with Crippen LogP contribution in [-0.4, -0.2) is 26.2 Å². The number of methoxy groups -OCH3 is 1. The molecule has 1 aliphatic heterocycles. The first kappa shape index (κ1) is 18.8. The number of hydrogen-bond donors (Lipinski definition) is 1. The van der Waals surface area contributed by atoms with Gasteiger partial charge in [-0.15, -0.1) is 0 Å². The average molecular weight is 367 g/mol. The molecule has 0 saturated carbocycles. The molecule has 2 aromatic carbocycles. The van der Waals surface area contributed by atoms with Crippen LogP contribution in [0, 0.1) is 5.92 Å². The van der Waals surface area contributed by atoms with Crippen molar-refractivity contribution in [2.45, 2.75) is 19.9 Å². The maximum atomic E-state index is 12.4. The van der Waals surface area contributed by atoms with E-state index in [0.29, 0.717) is 13.2 Å². The van der Waals surface area contributed by atoms with Crippen molar-refractivity contribution in [3.05, 3.63) is 59.7 Å². The van der Waals surface area contributed by atoms with Crippen LogP contribution in [0.5, 0.6) is 17.2 Å². The van der Waals surface area contributed by atoms with Gasteiger partial charge in [0.25, 0.3) is 0 Å². The van der Waals surface area contributed by atoms with Crippen molar-refractivity contribution in [3.63, 3.8) is 0 Å². The number of carbonyl (C=O) groups is 1. The summed E-state index contributed by atoms with van der Waals surface area (Å²) in [6, 6.07) is 13.3. The van der Waals surface area contributed by atoms with E-state index in [2.05, 4.69) is 19.2 Å². The first-order valence-corrected chi connectivity index (χ1v) is 9.09. The summed E-state index contributed by atoms with van der Waals surface area (Å²) in [5, 5.41) is 3.09. The summed E-state index contributed by atoms with van der Waals surface area (Å²) in [5.74, 6) is 2.35. The molecular formula is C22H25NO4. The lowest BCUT2D eigenvalue weighted by atomic mass is 9.95. The number of carbonyl (C=O) groups excluding carboxylic acids is 1. The number of nitrogens with one attached hydrogen (secondary N) is 1. The zero-order chi connectivity index (χ0) is 19.2. The standard InChI is InChI=1S/C22H25NO4/c1-15(2)22(17-7-10-19-20(14-17)27-13-12-26-19)23-21(24)11-6-16-4-8-18(25-3)9-5-16/h4-11,14-15,22H,12-13H2,1-3H3,(H,23,24)/b11-6+/t22-/m1/s1. The normalized spacial score (nSPS) is 14.2. The Hall–Kier alpha value is -2.95. The molecule has 5 heteroatoms. The molecule has 0 bridgehead atoms. The lowest BCUT2D eigenvalue weighted by Crippen LogP contribution is -2.30. The third kappa shape index (κ3) is 4.82. The SMILES string of the molecule is COc1ccc(/C=C/C(=O)N[C@@H](c2ccc3c(c2)OCCO3)C(C)C)cc1. The largest absolute Gasteiger partial charge is 0.497 e. The highest BCUT2D eigenvalue weighted by molar-refractivity contribution is 5.92. The fourth-order valence-corrected chi connectivity index (χ4v) is 2.98. The van der Waals surface area contributed by atoms with Crippen molar-refractivity contribution in [2.75, 3.05) is 20.3 Å². The molecule has 142 valence electrons. The molecule has 0 spiro atoms. The molecule has 0 unspecified atom stereocenters. The molecule has 1 aliphatic rings. The molecule has 5 nitrogen and oxygen atoms in total. The van der Waals surface area contributed by atoms with Gasteiger partial charge in [0.2, 0.25) is 5.91 Å². The third-order valence-corrected chi connectivity index (χ3v) is 4.43. The number of amides is 1. The van der Waals surface area contributed by atoms with E-state index in [1.54, 1.807) is 19.3 Å². The molecule has 1 atom stereocenters. The number of fused-ring (bicyclic) bond motifs is 1. The lowest BCUT2D eigenvalue weighted by Gasteiger charge is -2.25. The maximum Gasteiger partial charge on any atom is 0.244 e. The van der Waals surface area contributed by atoms with Crippen LogP contribution in [0.3, 0.4) is 0 Å². The summed E-state index contributed by atoms with van der Waals surface area (Å²) in [7, 11) is 1.63. The van der Waals surface area contributed by atoms with Crippen molar-refractivity contribution in [1.82, 2.24) is 5.32 Å². The molecule has 0 saturated heterocycles. The topological polar surface area (TPSA) is 56.8 Å². The van der Waals surface area contributed by atoms with Crippen LogP contribution in [-0.2, 0) is 4.79 Å².